The van der Waals surface area contributed by atoms with Gasteiger partial charge in [-0.3, -0.25) is 0 Å². The minimum absolute atomic E-state index is 0.267. The highest BCUT2D eigenvalue weighted by atomic mass is 16.5. The molecule has 0 aliphatic heterocycles. The molecule has 2 heterocycles. The Hall–Kier alpha value is -1.78. The van der Waals surface area contributed by atoms with Gasteiger partial charge in [0.2, 0.25) is 5.82 Å². The van der Waals surface area contributed by atoms with Gasteiger partial charge in [-0.1, -0.05) is 5.16 Å². The second-order valence-corrected chi connectivity index (χ2v) is 3.61. The van der Waals surface area contributed by atoms with Gasteiger partial charge in [-0.2, -0.15) is 4.98 Å². The molecule has 0 aliphatic carbocycles. The maximum Gasteiger partial charge on any atom is 0.321 e. The Kier molecular flexibility index (Phi) is 2.45. The van der Waals surface area contributed by atoms with Crippen molar-refractivity contribution in [1.29, 1.82) is 0 Å². The molecule has 2 aromatic rings. The van der Waals surface area contributed by atoms with Crippen LogP contribution in [0.3, 0.4) is 0 Å². The molecule has 0 aliphatic rings. The minimum atomic E-state index is 0.267. The van der Waals surface area contributed by atoms with Crippen molar-refractivity contribution < 1.29 is 8.94 Å². The molecule has 0 unspecified atom stereocenters. The van der Waals surface area contributed by atoms with Gasteiger partial charge >= 0.3 is 6.01 Å². The van der Waals surface area contributed by atoms with Gasteiger partial charge in [0.25, 0.3) is 0 Å². The number of nitrogens with one attached hydrogen (secondary N) is 1. The zero-order chi connectivity index (χ0) is 10.8. The van der Waals surface area contributed by atoms with Crippen molar-refractivity contribution in [2.24, 2.45) is 0 Å². The molecule has 0 radical (unpaired) electrons. The number of aryl methyl sites for hydroxylation is 1. The van der Waals surface area contributed by atoms with Gasteiger partial charge in [-0.05, 0) is 26.8 Å². The number of anilines is 1. The first kappa shape index (κ1) is 9.76. The predicted molar refractivity (Wildman–Crippen MR) is 55.5 cm³/mol. The molecular formula is C10H13N3O2. The Morgan fingerprint density at radius 2 is 2.20 bits per heavy atom. The van der Waals surface area contributed by atoms with Crippen LogP contribution in [0, 0.1) is 6.92 Å². The van der Waals surface area contributed by atoms with Crippen LogP contribution in [0.1, 0.15) is 19.6 Å². The highest BCUT2D eigenvalue weighted by Crippen LogP contribution is 2.22. The zero-order valence-corrected chi connectivity index (χ0v) is 8.94. The zero-order valence-electron chi connectivity index (χ0n) is 8.94. The van der Waals surface area contributed by atoms with Crippen molar-refractivity contribution in [3.8, 4) is 11.4 Å². The molecule has 0 spiro atoms. The minimum Gasteiger partial charge on any atom is -0.469 e. The number of aromatic nitrogens is 2. The van der Waals surface area contributed by atoms with Crippen LogP contribution < -0.4 is 5.32 Å². The molecule has 0 aromatic carbocycles. The van der Waals surface area contributed by atoms with E-state index in [-0.39, 0.29) is 6.04 Å². The summed E-state index contributed by atoms with van der Waals surface area (Å²) >= 11 is 0. The lowest BCUT2D eigenvalue weighted by molar-refractivity contribution is 0.429. The lowest BCUT2D eigenvalue weighted by Crippen LogP contribution is -2.09. The van der Waals surface area contributed by atoms with Crippen molar-refractivity contribution >= 4 is 6.01 Å². The van der Waals surface area contributed by atoms with Crippen molar-refractivity contribution in [2.75, 3.05) is 5.32 Å². The molecule has 2 aromatic heterocycles. The average Bonchev–Trinajstić information content (AvgIpc) is 2.72. The number of rotatable bonds is 3. The van der Waals surface area contributed by atoms with Crippen LogP contribution in [0.15, 0.2) is 21.3 Å². The normalized spacial score (nSPS) is 10.9. The third-order valence-electron chi connectivity index (χ3n) is 1.94. The summed E-state index contributed by atoms with van der Waals surface area (Å²) in [6.45, 7) is 5.88. The third kappa shape index (κ3) is 2.01. The summed E-state index contributed by atoms with van der Waals surface area (Å²) in [7, 11) is 0. The average molecular weight is 207 g/mol. The first-order valence-corrected chi connectivity index (χ1v) is 4.81. The molecule has 0 bridgehead atoms. The molecule has 1 N–H and O–H groups in total. The summed E-state index contributed by atoms with van der Waals surface area (Å²) in [5, 5.41) is 6.90. The lowest BCUT2D eigenvalue weighted by Gasteiger charge is -2.01. The molecule has 0 saturated carbocycles. The summed E-state index contributed by atoms with van der Waals surface area (Å²) in [6.07, 6.45) is 1.61. The number of nitrogens with zero attached hydrogens (tertiary/aromatic N) is 2. The summed E-state index contributed by atoms with van der Waals surface area (Å²) < 4.78 is 10.2. The van der Waals surface area contributed by atoms with E-state index < -0.39 is 0 Å². The van der Waals surface area contributed by atoms with Gasteiger partial charge in [0.05, 0.1) is 11.8 Å². The molecule has 5 nitrogen and oxygen atoms in total. The molecule has 15 heavy (non-hydrogen) atoms. The van der Waals surface area contributed by atoms with E-state index in [0.717, 1.165) is 11.3 Å². The van der Waals surface area contributed by atoms with Crippen molar-refractivity contribution in [2.45, 2.75) is 26.8 Å². The second-order valence-electron chi connectivity index (χ2n) is 3.61. The van der Waals surface area contributed by atoms with Crippen molar-refractivity contribution in [3.63, 3.8) is 0 Å². The molecular weight excluding hydrogens is 194 g/mol. The molecule has 0 atom stereocenters. The largest absolute Gasteiger partial charge is 0.469 e. The van der Waals surface area contributed by atoms with E-state index in [4.69, 9.17) is 8.94 Å². The van der Waals surface area contributed by atoms with Crippen LogP contribution in [0.5, 0.6) is 0 Å². The number of furan rings is 1. The van der Waals surface area contributed by atoms with E-state index in [1.165, 1.54) is 0 Å². The maximum absolute atomic E-state index is 5.17. The van der Waals surface area contributed by atoms with Gasteiger partial charge in [-0.25, -0.2) is 0 Å². The van der Waals surface area contributed by atoms with Crippen LogP contribution in [-0.4, -0.2) is 16.2 Å². The molecule has 0 saturated heterocycles. The first-order valence-electron chi connectivity index (χ1n) is 4.81. The van der Waals surface area contributed by atoms with Gasteiger partial charge < -0.3 is 14.3 Å². The Balaban J connectivity index is 2.24. The van der Waals surface area contributed by atoms with E-state index in [1.54, 1.807) is 6.26 Å². The summed E-state index contributed by atoms with van der Waals surface area (Å²) in [5.74, 6) is 1.33. The Morgan fingerprint density at radius 3 is 2.80 bits per heavy atom. The molecule has 80 valence electrons. The smallest absolute Gasteiger partial charge is 0.321 e. The van der Waals surface area contributed by atoms with Gasteiger partial charge in [0, 0.05) is 6.04 Å². The fourth-order valence-corrected chi connectivity index (χ4v) is 1.26. The van der Waals surface area contributed by atoms with Crippen LogP contribution in [0.4, 0.5) is 6.01 Å². The summed E-state index contributed by atoms with van der Waals surface area (Å²) in [6, 6.07) is 2.52. The van der Waals surface area contributed by atoms with Crippen LogP contribution >= 0.6 is 0 Å². The quantitative estimate of drug-likeness (QED) is 0.837. The molecule has 5 heteroatoms. The fraction of sp³-hybridized carbons (Fsp3) is 0.400. The third-order valence-corrected chi connectivity index (χ3v) is 1.94. The predicted octanol–water partition coefficient (Wildman–Crippen LogP) is 2.46. The van der Waals surface area contributed by atoms with E-state index in [9.17, 15) is 0 Å². The fourth-order valence-electron chi connectivity index (χ4n) is 1.26. The van der Waals surface area contributed by atoms with Gasteiger partial charge in [0.15, 0.2) is 0 Å². The van der Waals surface area contributed by atoms with E-state index in [1.807, 2.05) is 26.8 Å². The van der Waals surface area contributed by atoms with Gasteiger partial charge in [-0.15, -0.1) is 0 Å². The van der Waals surface area contributed by atoms with E-state index >= 15 is 0 Å². The highest BCUT2D eigenvalue weighted by molar-refractivity contribution is 5.57. The number of hydrogen-bond donors (Lipinski definition) is 1. The molecule has 2 rings (SSSR count). The van der Waals surface area contributed by atoms with E-state index in [0.29, 0.717) is 11.8 Å². The molecule has 0 fully saturated rings. The second kappa shape index (κ2) is 3.76. The lowest BCUT2D eigenvalue weighted by atomic mass is 10.2. The van der Waals surface area contributed by atoms with Crippen LogP contribution in [0.2, 0.25) is 0 Å². The van der Waals surface area contributed by atoms with E-state index in [2.05, 4.69) is 15.5 Å². The topological polar surface area (TPSA) is 64.1 Å². The van der Waals surface area contributed by atoms with Crippen LogP contribution in [-0.2, 0) is 0 Å². The standard InChI is InChI=1S/C10H13N3O2/c1-6(2)11-10-12-9(13-15-10)8-4-5-14-7(8)3/h4-6H,1-3H3,(H,11,12,13). The van der Waals surface area contributed by atoms with Crippen molar-refractivity contribution in [3.05, 3.63) is 18.1 Å². The first-order chi connectivity index (χ1) is 7.16. The van der Waals surface area contributed by atoms with Crippen LogP contribution in [0.25, 0.3) is 11.4 Å². The SMILES string of the molecule is Cc1occc1-c1noc(NC(C)C)n1. The summed E-state index contributed by atoms with van der Waals surface area (Å²) in [5.41, 5.74) is 0.857. The molecule has 0 amide bonds. The van der Waals surface area contributed by atoms with Gasteiger partial charge in [0.1, 0.15) is 5.76 Å². The Labute approximate surface area is 87.5 Å². The van der Waals surface area contributed by atoms with Crippen molar-refractivity contribution in [1.82, 2.24) is 10.1 Å². The Morgan fingerprint density at radius 1 is 1.40 bits per heavy atom. The highest BCUT2D eigenvalue weighted by Gasteiger charge is 2.12. The maximum atomic E-state index is 5.17. The summed E-state index contributed by atoms with van der Waals surface area (Å²) in [4.78, 5) is 4.20. The Bertz CT molecular complexity index is 445. The number of hydrogen-bond acceptors (Lipinski definition) is 5. The monoisotopic (exact) mass is 207 g/mol.